The summed E-state index contributed by atoms with van der Waals surface area (Å²) in [4.78, 5) is 29.8. The number of nitrogens with zero attached hydrogens (tertiary/aromatic N) is 6. The number of aryl methyl sites for hydroxylation is 1. The maximum absolute atomic E-state index is 13.0. The molecule has 0 aromatic carbocycles. The van der Waals surface area contributed by atoms with E-state index in [4.69, 9.17) is 11.3 Å². The summed E-state index contributed by atoms with van der Waals surface area (Å²) < 4.78 is 39.1. The molecule has 224 valence electrons. The maximum atomic E-state index is 13.0. The number of carbonyl (C=O) groups is 1. The fourth-order valence-corrected chi connectivity index (χ4v) is 5.07. The minimum Gasteiger partial charge on any atom is -0.368 e. The van der Waals surface area contributed by atoms with Gasteiger partial charge in [0, 0.05) is 50.2 Å². The van der Waals surface area contributed by atoms with Gasteiger partial charge in [-0.2, -0.15) is 13.2 Å². The Balaban J connectivity index is 1.41. The van der Waals surface area contributed by atoms with Gasteiger partial charge in [0.25, 0.3) is 5.91 Å². The minimum atomic E-state index is -4.60. The summed E-state index contributed by atoms with van der Waals surface area (Å²) in [7, 11) is 0. The minimum absolute atomic E-state index is 0.0305. The second-order valence-electron chi connectivity index (χ2n) is 10.2. The highest BCUT2D eigenvalue weighted by atomic mass is 19.4. The first-order valence-electron chi connectivity index (χ1n) is 13.9. The zero-order valence-electron chi connectivity index (χ0n) is 23.9. The topological polar surface area (TPSA) is 127 Å². The third kappa shape index (κ3) is 7.39. The summed E-state index contributed by atoms with van der Waals surface area (Å²) >= 11 is 0. The van der Waals surface area contributed by atoms with Crippen LogP contribution in [0, 0.1) is 12.3 Å². The Kier molecular flexibility index (Phi) is 9.74. The van der Waals surface area contributed by atoms with E-state index < -0.39 is 17.6 Å². The number of anilines is 3. The van der Waals surface area contributed by atoms with Gasteiger partial charge in [-0.05, 0) is 44.0 Å². The molecule has 3 aromatic heterocycles. The Morgan fingerprint density at radius 2 is 1.81 bits per heavy atom. The van der Waals surface area contributed by atoms with E-state index in [0.29, 0.717) is 29.1 Å². The summed E-state index contributed by atoms with van der Waals surface area (Å²) in [5.41, 5.74) is 1.68. The van der Waals surface area contributed by atoms with Gasteiger partial charge in [-0.25, -0.2) is 5.84 Å². The molecule has 3 aromatic rings. The number of nitrogens with two attached hydrogens (primary N) is 1. The van der Waals surface area contributed by atoms with Crippen molar-refractivity contribution in [3.8, 4) is 0 Å². The lowest BCUT2D eigenvalue weighted by Crippen LogP contribution is -2.50. The Bertz CT molecular complexity index is 1400. The molecule has 1 saturated heterocycles. The zero-order chi connectivity index (χ0) is 30.4. The van der Waals surface area contributed by atoms with Gasteiger partial charge in [-0.15, -0.1) is 0 Å². The molecule has 1 fully saturated rings. The number of rotatable bonds is 10. The number of hydrogen-bond donors (Lipinski definition) is 3. The number of amides is 1. The Labute approximate surface area is 243 Å². The predicted octanol–water partition coefficient (Wildman–Crippen LogP) is 4.51. The second kappa shape index (κ2) is 13.3. The zero-order valence-corrected chi connectivity index (χ0v) is 23.9. The van der Waals surface area contributed by atoms with Crippen LogP contribution < -0.4 is 21.1 Å². The van der Waals surface area contributed by atoms with E-state index in [1.807, 2.05) is 12.3 Å². The van der Waals surface area contributed by atoms with Crippen molar-refractivity contribution in [2.45, 2.75) is 45.8 Å². The average molecular weight is 584 g/mol. The molecule has 42 heavy (non-hydrogen) atoms. The van der Waals surface area contributed by atoms with Crippen LogP contribution in [0.5, 0.6) is 0 Å². The van der Waals surface area contributed by atoms with Crippen LogP contribution in [0.4, 0.5) is 30.2 Å². The van der Waals surface area contributed by atoms with Gasteiger partial charge in [0.05, 0.1) is 53.0 Å². The van der Waals surface area contributed by atoms with Crippen molar-refractivity contribution in [3.63, 3.8) is 0 Å². The van der Waals surface area contributed by atoms with E-state index in [1.165, 1.54) is 11.2 Å². The van der Waals surface area contributed by atoms with Gasteiger partial charge in [-0.1, -0.05) is 13.8 Å². The van der Waals surface area contributed by atoms with Crippen molar-refractivity contribution in [3.05, 3.63) is 71.6 Å². The van der Waals surface area contributed by atoms with E-state index in [9.17, 15) is 18.0 Å². The Hall–Kier alpha value is -4.10. The lowest BCUT2D eigenvalue weighted by Gasteiger charge is -2.39. The number of piperazine rings is 1. The number of pyridine rings is 3. The van der Waals surface area contributed by atoms with Gasteiger partial charge in [0.1, 0.15) is 5.69 Å². The smallest absolute Gasteiger partial charge is 0.368 e. The molecule has 0 spiro atoms. The maximum Gasteiger partial charge on any atom is 0.416 e. The largest absolute Gasteiger partial charge is 0.416 e. The third-order valence-corrected chi connectivity index (χ3v) is 7.49. The monoisotopic (exact) mass is 583 g/mol. The highest BCUT2D eigenvalue weighted by molar-refractivity contribution is 6.03. The highest BCUT2D eigenvalue weighted by Crippen LogP contribution is 2.29. The number of aromatic nitrogens is 3. The lowest BCUT2D eigenvalue weighted by atomic mass is 10.1. The van der Waals surface area contributed by atoms with Crippen molar-refractivity contribution >= 4 is 28.7 Å². The van der Waals surface area contributed by atoms with Crippen LogP contribution in [-0.2, 0) is 6.18 Å². The van der Waals surface area contributed by atoms with Gasteiger partial charge in [0.15, 0.2) is 0 Å². The van der Waals surface area contributed by atoms with Crippen molar-refractivity contribution in [1.82, 2.24) is 19.9 Å². The Morgan fingerprint density at radius 3 is 2.48 bits per heavy atom. The summed E-state index contributed by atoms with van der Waals surface area (Å²) in [6, 6.07) is 5.57. The van der Waals surface area contributed by atoms with Crippen LogP contribution >= 0.6 is 0 Å². The van der Waals surface area contributed by atoms with Gasteiger partial charge < -0.3 is 20.6 Å². The number of hydrogen-bond acceptors (Lipinski definition) is 9. The fourth-order valence-electron chi connectivity index (χ4n) is 5.07. The number of nitrogens with one attached hydrogen (secondary N) is 2. The van der Waals surface area contributed by atoms with Gasteiger partial charge >= 0.3 is 6.18 Å². The molecule has 4 rings (SSSR count). The number of halogens is 3. The van der Waals surface area contributed by atoms with E-state index in [2.05, 4.69) is 43.9 Å². The molecule has 1 aliphatic rings. The molecular weight excluding hydrogens is 547 g/mol. The first kappa shape index (κ1) is 30.8. The average Bonchev–Trinajstić information content (AvgIpc) is 2.98. The van der Waals surface area contributed by atoms with Crippen LogP contribution in [0.2, 0.25) is 0 Å². The molecule has 4 N–H and O–H groups in total. The molecule has 0 radical (unpaired) electrons. The highest BCUT2D eigenvalue weighted by Gasteiger charge is 2.31. The molecule has 0 unspecified atom stereocenters. The first-order valence-corrected chi connectivity index (χ1v) is 13.9. The second-order valence-corrected chi connectivity index (χ2v) is 10.2. The van der Waals surface area contributed by atoms with Crippen LogP contribution in [0.25, 0.3) is 0 Å². The summed E-state index contributed by atoms with van der Waals surface area (Å²) in [5, 5.41) is 12.6. The van der Waals surface area contributed by atoms with Crippen LogP contribution in [0.1, 0.15) is 54.0 Å². The molecule has 1 amide bonds. The van der Waals surface area contributed by atoms with Crippen molar-refractivity contribution in [1.29, 1.82) is 5.41 Å². The third-order valence-electron chi connectivity index (χ3n) is 7.49. The van der Waals surface area contributed by atoms with Gasteiger partial charge in [-0.3, -0.25) is 24.6 Å². The van der Waals surface area contributed by atoms with Crippen molar-refractivity contribution in [2.75, 3.05) is 47.9 Å². The number of alkyl halides is 3. The molecule has 1 aliphatic heterocycles. The standard InChI is InChI=1S/C29H36F3N9O/c1-4-23(5-2)39-8-10-40(11-9-39)24-12-20(15-35-17-24)25(33)18-41(34)27-14-22(16-37-19(27)3)38-28(42)26-13-21(6-7-36-26)29(30,31)32/h6-7,12-17,23,33H,4-5,8-11,18,34H2,1-3H3,(H,38,42). The quantitative estimate of drug-likeness (QED) is 0.181. The molecular formula is C29H36F3N9O. The van der Waals surface area contributed by atoms with Crippen LogP contribution in [0.3, 0.4) is 0 Å². The van der Waals surface area contributed by atoms with Crippen molar-refractivity contribution < 1.29 is 18.0 Å². The fraction of sp³-hybridized carbons (Fsp3) is 0.414. The number of carbonyl (C=O) groups excluding carboxylic acids is 1. The summed E-state index contributed by atoms with van der Waals surface area (Å²) in [6.45, 7) is 9.94. The molecule has 0 saturated carbocycles. The summed E-state index contributed by atoms with van der Waals surface area (Å²) in [6.07, 6.45) is 3.42. The van der Waals surface area contributed by atoms with E-state index in [0.717, 1.165) is 57.0 Å². The molecule has 10 nitrogen and oxygen atoms in total. The predicted molar refractivity (Wildman–Crippen MR) is 157 cm³/mol. The van der Waals surface area contributed by atoms with Crippen LogP contribution in [-0.4, -0.2) is 70.2 Å². The molecule has 4 heterocycles. The van der Waals surface area contributed by atoms with Crippen molar-refractivity contribution in [2.24, 2.45) is 5.84 Å². The Morgan fingerprint density at radius 1 is 1.10 bits per heavy atom. The summed E-state index contributed by atoms with van der Waals surface area (Å²) in [5.74, 6) is 5.51. The van der Waals surface area contributed by atoms with E-state index in [1.54, 1.807) is 19.2 Å². The molecule has 0 bridgehead atoms. The number of hydrazine groups is 1. The SMILES string of the molecule is CCC(CC)N1CCN(c2cncc(C(=N)CN(N)c3cc(NC(=O)c4cc(C(F)(F)F)ccn4)cnc3C)c2)CC1. The van der Waals surface area contributed by atoms with E-state index >= 15 is 0 Å². The first-order chi connectivity index (χ1) is 20.0. The normalized spacial score (nSPS) is 14.2. The molecule has 13 heteroatoms. The lowest BCUT2D eigenvalue weighted by molar-refractivity contribution is -0.137. The van der Waals surface area contributed by atoms with Gasteiger partial charge in [0.2, 0.25) is 0 Å². The van der Waals surface area contributed by atoms with Crippen LogP contribution in [0.15, 0.2) is 49.1 Å². The molecule has 0 atom stereocenters. The van der Waals surface area contributed by atoms with E-state index in [-0.39, 0.29) is 23.6 Å². The molecule has 0 aliphatic carbocycles.